The molecule has 0 unspecified atom stereocenters. The highest BCUT2D eigenvalue weighted by molar-refractivity contribution is 5.72. The lowest BCUT2D eigenvalue weighted by Gasteiger charge is -2.16. The van der Waals surface area contributed by atoms with E-state index in [4.69, 9.17) is 0 Å². The van der Waals surface area contributed by atoms with Gasteiger partial charge in [-0.2, -0.15) is 0 Å². The summed E-state index contributed by atoms with van der Waals surface area (Å²) in [6.45, 7) is 0. The van der Waals surface area contributed by atoms with Crippen molar-refractivity contribution in [2.75, 3.05) is 28.2 Å². The smallest absolute Gasteiger partial charge is 0.318 e. The number of nitrogens with zero attached hydrogens (tertiary/aromatic N) is 2. The molecule has 3 N–H and O–H groups in total. The Kier molecular flexibility index (Phi) is 5.10. The summed E-state index contributed by atoms with van der Waals surface area (Å²) in [5.41, 5.74) is 0. The molecular weight excluding hydrogens is 118 g/mol. The van der Waals surface area contributed by atoms with Gasteiger partial charge in [0.25, 0.3) is 0 Å². The number of amides is 2. The predicted octanol–water partition coefficient (Wildman–Crippen LogP) is 0.392. The maximum absolute atomic E-state index is 10.7. The van der Waals surface area contributed by atoms with Crippen LogP contribution in [0.25, 0.3) is 0 Å². The molecule has 2 amide bonds. The van der Waals surface area contributed by atoms with Crippen LogP contribution in [0.5, 0.6) is 0 Å². The molecule has 9 heavy (non-hydrogen) atoms. The third-order valence-electron chi connectivity index (χ3n) is 0.765. The molecule has 0 atom stereocenters. The van der Waals surface area contributed by atoms with Crippen LogP contribution < -0.4 is 6.15 Å². The first kappa shape index (κ1) is 11.1. The molecule has 0 rings (SSSR count). The Balaban J connectivity index is 0. The van der Waals surface area contributed by atoms with E-state index in [1.807, 2.05) is 0 Å². The molecule has 0 radical (unpaired) electrons. The Bertz CT molecular complexity index is 80.2. The van der Waals surface area contributed by atoms with Gasteiger partial charge in [-0.3, -0.25) is 0 Å². The van der Waals surface area contributed by atoms with Gasteiger partial charge in [-0.05, 0) is 0 Å². The van der Waals surface area contributed by atoms with Gasteiger partial charge in [0.05, 0.1) is 0 Å². The maximum atomic E-state index is 10.7. The Labute approximate surface area is 56.0 Å². The molecule has 0 aromatic rings. The Morgan fingerprint density at radius 1 is 1.00 bits per heavy atom. The monoisotopic (exact) mass is 133 g/mol. The van der Waals surface area contributed by atoms with Crippen molar-refractivity contribution in [1.82, 2.24) is 16.0 Å². The maximum Gasteiger partial charge on any atom is 0.318 e. The third kappa shape index (κ3) is 3.78. The van der Waals surface area contributed by atoms with Gasteiger partial charge in [-0.1, -0.05) is 0 Å². The zero-order valence-electron chi connectivity index (χ0n) is 6.51. The minimum atomic E-state index is 0. The van der Waals surface area contributed by atoms with Crippen LogP contribution in [0.1, 0.15) is 0 Å². The van der Waals surface area contributed by atoms with Crippen molar-refractivity contribution < 1.29 is 4.79 Å². The van der Waals surface area contributed by atoms with Gasteiger partial charge in [0.15, 0.2) is 0 Å². The molecule has 0 fully saturated rings. The molecule has 0 bridgehead atoms. The summed E-state index contributed by atoms with van der Waals surface area (Å²) in [5.74, 6) is 0. The van der Waals surface area contributed by atoms with Crippen molar-refractivity contribution in [3.05, 3.63) is 0 Å². The minimum absolute atomic E-state index is 0. The lowest BCUT2D eigenvalue weighted by Crippen LogP contribution is -2.33. The molecule has 0 aromatic carbocycles. The highest BCUT2D eigenvalue weighted by Gasteiger charge is 2.02. The highest BCUT2D eigenvalue weighted by atomic mass is 16.2. The van der Waals surface area contributed by atoms with E-state index < -0.39 is 0 Å². The number of urea groups is 1. The number of hydrogen-bond acceptors (Lipinski definition) is 2. The Hall–Kier alpha value is -0.770. The molecule has 0 aliphatic rings. The molecule has 0 spiro atoms. The molecular formula is C5H15N3O. The summed E-state index contributed by atoms with van der Waals surface area (Å²) < 4.78 is 0. The van der Waals surface area contributed by atoms with Gasteiger partial charge < -0.3 is 16.0 Å². The number of rotatable bonds is 0. The van der Waals surface area contributed by atoms with Crippen molar-refractivity contribution in [2.24, 2.45) is 0 Å². The summed E-state index contributed by atoms with van der Waals surface area (Å²) in [7, 11) is 6.90. The van der Waals surface area contributed by atoms with Crippen LogP contribution in [-0.2, 0) is 0 Å². The second-order valence-corrected chi connectivity index (χ2v) is 2.07. The van der Waals surface area contributed by atoms with Crippen LogP contribution in [0.4, 0.5) is 4.79 Å². The molecule has 4 nitrogen and oxygen atoms in total. The minimum Gasteiger partial charge on any atom is -0.344 e. The van der Waals surface area contributed by atoms with Crippen LogP contribution in [0.2, 0.25) is 0 Å². The van der Waals surface area contributed by atoms with Gasteiger partial charge in [0.1, 0.15) is 0 Å². The topological polar surface area (TPSA) is 58.6 Å². The zero-order chi connectivity index (χ0) is 6.73. The molecule has 4 heteroatoms. The average molecular weight is 133 g/mol. The first-order chi connectivity index (χ1) is 3.55. The van der Waals surface area contributed by atoms with Gasteiger partial charge in [0.2, 0.25) is 0 Å². The van der Waals surface area contributed by atoms with Gasteiger partial charge >= 0.3 is 6.03 Å². The molecule has 0 aliphatic carbocycles. The Morgan fingerprint density at radius 3 is 1.22 bits per heavy atom. The van der Waals surface area contributed by atoms with E-state index >= 15 is 0 Å². The quantitative estimate of drug-likeness (QED) is 0.519. The van der Waals surface area contributed by atoms with Crippen LogP contribution >= 0.6 is 0 Å². The zero-order valence-corrected chi connectivity index (χ0v) is 6.51. The lowest BCUT2D eigenvalue weighted by atomic mass is 10.7. The fourth-order valence-corrected chi connectivity index (χ4v) is 0.400. The average Bonchev–Trinajstić information content (AvgIpc) is 1.64. The normalized spacial score (nSPS) is 7.56. The lowest BCUT2D eigenvalue weighted by molar-refractivity contribution is 0.191. The van der Waals surface area contributed by atoms with E-state index in [1.165, 1.54) is 9.80 Å². The number of carbonyl (C=O) groups is 1. The van der Waals surface area contributed by atoms with Crippen molar-refractivity contribution in [3.63, 3.8) is 0 Å². The number of hydrogen-bond donors (Lipinski definition) is 1. The van der Waals surface area contributed by atoms with Crippen molar-refractivity contribution in [2.45, 2.75) is 0 Å². The molecule has 0 heterocycles. The van der Waals surface area contributed by atoms with Gasteiger partial charge in [0, 0.05) is 28.2 Å². The van der Waals surface area contributed by atoms with Crippen LogP contribution in [-0.4, -0.2) is 44.0 Å². The van der Waals surface area contributed by atoms with Crippen molar-refractivity contribution >= 4 is 6.03 Å². The van der Waals surface area contributed by atoms with E-state index in [1.54, 1.807) is 28.2 Å². The third-order valence-corrected chi connectivity index (χ3v) is 0.765. The van der Waals surface area contributed by atoms with Crippen molar-refractivity contribution in [3.8, 4) is 0 Å². The fraction of sp³-hybridized carbons (Fsp3) is 0.800. The molecule has 0 aliphatic heterocycles. The highest BCUT2D eigenvalue weighted by Crippen LogP contribution is 1.83. The van der Waals surface area contributed by atoms with Crippen LogP contribution in [0.3, 0.4) is 0 Å². The summed E-state index contributed by atoms with van der Waals surface area (Å²) in [6, 6.07) is 0.0185. The molecule has 56 valence electrons. The Morgan fingerprint density at radius 2 is 1.22 bits per heavy atom. The van der Waals surface area contributed by atoms with Crippen LogP contribution in [0.15, 0.2) is 0 Å². The van der Waals surface area contributed by atoms with E-state index in [-0.39, 0.29) is 12.2 Å². The summed E-state index contributed by atoms with van der Waals surface area (Å²) >= 11 is 0. The second-order valence-electron chi connectivity index (χ2n) is 2.07. The van der Waals surface area contributed by atoms with E-state index in [9.17, 15) is 4.79 Å². The fourth-order valence-electron chi connectivity index (χ4n) is 0.400. The van der Waals surface area contributed by atoms with Crippen molar-refractivity contribution in [1.29, 1.82) is 0 Å². The standard InChI is InChI=1S/C5H12N2O.H3N/c1-6(2)5(8)7(3)4;/h1-4H3;1H3. The summed E-state index contributed by atoms with van der Waals surface area (Å²) in [6.07, 6.45) is 0. The van der Waals surface area contributed by atoms with Gasteiger partial charge in [-0.15, -0.1) is 0 Å². The molecule has 0 saturated carbocycles. The van der Waals surface area contributed by atoms with E-state index in [0.29, 0.717) is 0 Å². The van der Waals surface area contributed by atoms with Crippen LogP contribution in [0, 0.1) is 0 Å². The van der Waals surface area contributed by atoms with Gasteiger partial charge in [-0.25, -0.2) is 4.79 Å². The molecule has 0 saturated heterocycles. The summed E-state index contributed by atoms with van der Waals surface area (Å²) in [4.78, 5) is 13.8. The predicted molar refractivity (Wildman–Crippen MR) is 37.8 cm³/mol. The largest absolute Gasteiger partial charge is 0.344 e. The summed E-state index contributed by atoms with van der Waals surface area (Å²) in [5, 5.41) is 0. The first-order valence-electron chi connectivity index (χ1n) is 2.44. The second kappa shape index (κ2) is 4.14. The first-order valence-corrected chi connectivity index (χ1v) is 2.44. The number of carbonyl (C=O) groups excluding carboxylic acids is 1. The van der Waals surface area contributed by atoms with E-state index in [0.717, 1.165) is 0 Å². The van der Waals surface area contributed by atoms with E-state index in [2.05, 4.69) is 0 Å². The molecule has 0 aromatic heterocycles. The SMILES string of the molecule is CN(C)C(=O)N(C)C.N.